The van der Waals surface area contributed by atoms with Crippen LogP contribution in [0.5, 0.6) is 0 Å². The van der Waals surface area contributed by atoms with Gasteiger partial charge in [-0.15, -0.1) is 0 Å². The third-order valence-corrected chi connectivity index (χ3v) is 1.62. The third kappa shape index (κ3) is 0.886. The van der Waals surface area contributed by atoms with Crippen LogP contribution in [-0.4, -0.2) is 11.8 Å². The minimum atomic E-state index is -2.81. The number of carbonyl (C=O) groups is 1. The van der Waals surface area contributed by atoms with Gasteiger partial charge in [-0.1, -0.05) is 0 Å². The number of halogens is 2. The summed E-state index contributed by atoms with van der Waals surface area (Å²) in [6, 6.07) is 0. The maximum atomic E-state index is 12.2. The molecule has 0 spiro atoms. The van der Waals surface area contributed by atoms with Crippen molar-refractivity contribution in [2.45, 2.75) is 18.8 Å². The standard InChI is InChI=1S/C5H7F2NO/c6-5(7)2-1-3(5)4(8)9/h3H,1-2H2,(H2,8,9). The Morgan fingerprint density at radius 3 is 2.22 bits per heavy atom. The molecule has 0 bridgehead atoms. The minimum absolute atomic E-state index is 0.194. The molecule has 1 rings (SSSR count). The molecule has 0 aromatic rings. The Morgan fingerprint density at radius 1 is 1.67 bits per heavy atom. The SMILES string of the molecule is NC(=O)C1CCC1(F)F. The Balaban J connectivity index is 2.55. The molecule has 1 aliphatic carbocycles. The number of carbonyl (C=O) groups excluding carboxylic acids is 1. The first-order valence-corrected chi connectivity index (χ1v) is 2.71. The predicted octanol–water partition coefficient (Wildman–Crippen LogP) is 0.517. The van der Waals surface area contributed by atoms with Gasteiger partial charge in [0.15, 0.2) is 0 Å². The number of primary amides is 1. The first-order valence-electron chi connectivity index (χ1n) is 2.71. The maximum absolute atomic E-state index is 12.2. The van der Waals surface area contributed by atoms with Gasteiger partial charge in [0.25, 0.3) is 5.92 Å². The Hall–Kier alpha value is -0.670. The van der Waals surface area contributed by atoms with Gasteiger partial charge >= 0.3 is 0 Å². The summed E-state index contributed by atoms with van der Waals surface area (Å²) in [4.78, 5) is 10.1. The summed E-state index contributed by atoms with van der Waals surface area (Å²) in [6.45, 7) is 0. The van der Waals surface area contributed by atoms with Crippen molar-refractivity contribution in [3.05, 3.63) is 0 Å². The summed E-state index contributed by atoms with van der Waals surface area (Å²) >= 11 is 0. The summed E-state index contributed by atoms with van der Waals surface area (Å²) in [5, 5.41) is 0. The van der Waals surface area contributed by atoms with Crippen LogP contribution < -0.4 is 5.73 Å². The second kappa shape index (κ2) is 1.65. The third-order valence-electron chi connectivity index (χ3n) is 1.62. The van der Waals surface area contributed by atoms with E-state index in [1.165, 1.54) is 0 Å². The van der Waals surface area contributed by atoms with Gasteiger partial charge in [0.1, 0.15) is 5.92 Å². The lowest BCUT2D eigenvalue weighted by atomic mass is 9.80. The van der Waals surface area contributed by atoms with E-state index in [1.807, 2.05) is 0 Å². The molecule has 2 nitrogen and oxygen atoms in total. The Kier molecular flexibility index (Phi) is 1.18. The molecular weight excluding hydrogens is 128 g/mol. The zero-order valence-corrected chi connectivity index (χ0v) is 4.73. The molecule has 4 heteroatoms. The highest BCUT2D eigenvalue weighted by atomic mass is 19.3. The quantitative estimate of drug-likeness (QED) is 0.559. The summed E-state index contributed by atoms with van der Waals surface area (Å²) in [5.41, 5.74) is 4.65. The first kappa shape index (κ1) is 6.45. The normalized spacial score (nSPS) is 31.1. The molecule has 52 valence electrons. The molecule has 1 fully saturated rings. The molecule has 2 N–H and O–H groups in total. The fourth-order valence-corrected chi connectivity index (χ4v) is 0.857. The number of amides is 1. The number of nitrogens with two attached hydrogens (primary N) is 1. The van der Waals surface area contributed by atoms with Crippen LogP contribution in [0.15, 0.2) is 0 Å². The van der Waals surface area contributed by atoms with Crippen molar-refractivity contribution in [1.29, 1.82) is 0 Å². The van der Waals surface area contributed by atoms with Gasteiger partial charge in [0.05, 0.1) is 0 Å². The van der Waals surface area contributed by atoms with Crippen molar-refractivity contribution in [3.8, 4) is 0 Å². The second-order valence-corrected chi connectivity index (χ2v) is 2.25. The largest absolute Gasteiger partial charge is 0.369 e. The van der Waals surface area contributed by atoms with Crippen molar-refractivity contribution in [1.82, 2.24) is 0 Å². The van der Waals surface area contributed by atoms with E-state index in [-0.39, 0.29) is 12.8 Å². The Labute approximate surface area is 51.0 Å². The lowest BCUT2D eigenvalue weighted by Crippen LogP contribution is -2.46. The first-order chi connectivity index (χ1) is 4.04. The van der Waals surface area contributed by atoms with Crippen molar-refractivity contribution in [2.75, 3.05) is 0 Å². The van der Waals surface area contributed by atoms with Gasteiger partial charge < -0.3 is 5.73 Å². The van der Waals surface area contributed by atoms with Crippen molar-refractivity contribution >= 4 is 5.91 Å². The molecule has 1 aliphatic rings. The average Bonchev–Trinajstić information content (AvgIpc) is 1.62. The van der Waals surface area contributed by atoms with Gasteiger partial charge in [0.2, 0.25) is 5.91 Å². The van der Waals surface area contributed by atoms with Crippen molar-refractivity contribution < 1.29 is 13.6 Å². The van der Waals surface area contributed by atoms with E-state index >= 15 is 0 Å². The Morgan fingerprint density at radius 2 is 2.22 bits per heavy atom. The highest BCUT2D eigenvalue weighted by molar-refractivity contribution is 5.78. The fraction of sp³-hybridized carbons (Fsp3) is 0.800. The number of alkyl halides is 2. The van der Waals surface area contributed by atoms with E-state index in [0.29, 0.717) is 0 Å². The van der Waals surface area contributed by atoms with Gasteiger partial charge in [0, 0.05) is 6.42 Å². The van der Waals surface area contributed by atoms with Crippen LogP contribution in [0.1, 0.15) is 12.8 Å². The monoisotopic (exact) mass is 135 g/mol. The van der Waals surface area contributed by atoms with Crippen LogP contribution in [0.25, 0.3) is 0 Å². The Bertz CT molecular complexity index is 146. The van der Waals surface area contributed by atoms with E-state index in [4.69, 9.17) is 0 Å². The number of rotatable bonds is 1. The molecule has 9 heavy (non-hydrogen) atoms. The van der Waals surface area contributed by atoms with Crippen LogP contribution in [0, 0.1) is 5.92 Å². The van der Waals surface area contributed by atoms with E-state index in [0.717, 1.165) is 0 Å². The lowest BCUT2D eigenvalue weighted by molar-refractivity contribution is -0.159. The molecule has 0 aromatic carbocycles. The molecule has 1 saturated carbocycles. The second-order valence-electron chi connectivity index (χ2n) is 2.25. The fourth-order valence-electron chi connectivity index (χ4n) is 0.857. The van der Waals surface area contributed by atoms with Crippen molar-refractivity contribution in [3.63, 3.8) is 0 Å². The molecule has 1 atom stereocenters. The molecule has 1 amide bonds. The molecule has 0 aliphatic heterocycles. The zero-order chi connectivity index (χ0) is 7.07. The summed E-state index contributed by atoms with van der Waals surface area (Å²) in [7, 11) is 0. The molecule has 0 heterocycles. The lowest BCUT2D eigenvalue weighted by Gasteiger charge is -2.33. The molecular formula is C5H7F2NO. The number of hydrogen-bond acceptors (Lipinski definition) is 1. The van der Waals surface area contributed by atoms with E-state index in [9.17, 15) is 13.6 Å². The maximum Gasteiger partial charge on any atom is 0.259 e. The van der Waals surface area contributed by atoms with E-state index < -0.39 is 17.7 Å². The predicted molar refractivity (Wildman–Crippen MR) is 26.9 cm³/mol. The molecule has 0 saturated heterocycles. The summed E-state index contributed by atoms with van der Waals surface area (Å²) in [5.74, 6) is -4.89. The van der Waals surface area contributed by atoms with Crippen LogP contribution in [-0.2, 0) is 4.79 Å². The summed E-state index contributed by atoms with van der Waals surface area (Å²) < 4.78 is 24.3. The van der Waals surface area contributed by atoms with Crippen LogP contribution in [0.3, 0.4) is 0 Å². The highest BCUT2D eigenvalue weighted by Crippen LogP contribution is 2.42. The van der Waals surface area contributed by atoms with Crippen molar-refractivity contribution in [2.24, 2.45) is 11.7 Å². The van der Waals surface area contributed by atoms with Gasteiger partial charge in [-0.3, -0.25) is 4.79 Å². The van der Waals surface area contributed by atoms with Crippen LogP contribution >= 0.6 is 0 Å². The van der Waals surface area contributed by atoms with Gasteiger partial charge in [-0.05, 0) is 6.42 Å². The molecule has 0 aromatic heterocycles. The molecule has 0 radical (unpaired) electrons. The highest BCUT2D eigenvalue weighted by Gasteiger charge is 2.51. The van der Waals surface area contributed by atoms with Gasteiger partial charge in [-0.2, -0.15) is 0 Å². The van der Waals surface area contributed by atoms with E-state index in [1.54, 1.807) is 0 Å². The summed E-state index contributed by atoms with van der Waals surface area (Å²) in [6.07, 6.45) is 0.0446. The van der Waals surface area contributed by atoms with E-state index in [2.05, 4.69) is 5.73 Å². The molecule has 1 unspecified atom stereocenters. The minimum Gasteiger partial charge on any atom is -0.369 e. The van der Waals surface area contributed by atoms with Crippen LogP contribution in [0.2, 0.25) is 0 Å². The van der Waals surface area contributed by atoms with Gasteiger partial charge in [-0.25, -0.2) is 8.78 Å². The average molecular weight is 135 g/mol. The topological polar surface area (TPSA) is 43.1 Å². The smallest absolute Gasteiger partial charge is 0.259 e. The van der Waals surface area contributed by atoms with Crippen LogP contribution in [0.4, 0.5) is 8.78 Å². The zero-order valence-electron chi connectivity index (χ0n) is 4.73. The number of hydrogen-bond donors (Lipinski definition) is 1.